The minimum atomic E-state index is -0.534. The quantitative estimate of drug-likeness (QED) is 0.481. The molecule has 0 aliphatic heterocycles. The van der Waals surface area contributed by atoms with Crippen LogP contribution in [0.4, 0.5) is 11.4 Å². The first-order valence-electron chi connectivity index (χ1n) is 8.06. The van der Waals surface area contributed by atoms with Crippen LogP contribution in [0.3, 0.4) is 0 Å². The first-order valence-corrected chi connectivity index (χ1v) is 8.06. The Labute approximate surface area is 151 Å². The van der Waals surface area contributed by atoms with E-state index < -0.39 is 10.8 Å². The lowest BCUT2D eigenvalue weighted by atomic mass is 9.87. The molecule has 1 amide bonds. The molecule has 0 saturated carbocycles. The molecule has 2 rings (SSSR count). The van der Waals surface area contributed by atoms with Crippen molar-refractivity contribution < 1.29 is 14.6 Å². The number of rotatable bonds is 6. The average molecular weight is 355 g/mol. The largest absolute Gasteiger partial charge is 0.391 e. The summed E-state index contributed by atoms with van der Waals surface area (Å²) >= 11 is 0. The number of hydrogen-bond acceptors (Lipinski definition) is 5. The van der Waals surface area contributed by atoms with Gasteiger partial charge < -0.3 is 10.2 Å². The normalized spacial score (nSPS) is 11.3. The fourth-order valence-electron chi connectivity index (χ4n) is 2.17. The van der Waals surface area contributed by atoms with Gasteiger partial charge in [0.1, 0.15) is 12.8 Å². The molecule has 0 aromatic heterocycles. The van der Waals surface area contributed by atoms with Crippen LogP contribution in [-0.2, 0) is 21.7 Å². The molecule has 0 aliphatic carbocycles. The molecule has 0 atom stereocenters. The molecule has 0 heterocycles. The second-order valence-electron chi connectivity index (χ2n) is 6.75. The molecule has 7 nitrogen and oxygen atoms in total. The zero-order valence-electron chi connectivity index (χ0n) is 14.9. The number of nitro groups is 1. The Morgan fingerprint density at radius 1 is 1.23 bits per heavy atom. The Kier molecular flexibility index (Phi) is 6.06. The van der Waals surface area contributed by atoms with Gasteiger partial charge >= 0.3 is 0 Å². The number of nitro benzene ring substituents is 1. The van der Waals surface area contributed by atoms with Crippen LogP contribution < -0.4 is 5.32 Å². The summed E-state index contributed by atoms with van der Waals surface area (Å²) in [5, 5.41) is 16.8. The summed E-state index contributed by atoms with van der Waals surface area (Å²) in [4.78, 5) is 27.0. The molecular formula is C19H21N3O4. The van der Waals surface area contributed by atoms with Gasteiger partial charge in [0.15, 0.2) is 0 Å². The summed E-state index contributed by atoms with van der Waals surface area (Å²) in [6.07, 6.45) is 0.988. The summed E-state index contributed by atoms with van der Waals surface area (Å²) in [7, 11) is 0. The number of carbonyl (C=O) groups excluding carboxylic acids is 1. The van der Waals surface area contributed by atoms with E-state index in [2.05, 4.69) is 31.2 Å². The van der Waals surface area contributed by atoms with Crippen molar-refractivity contribution in [2.45, 2.75) is 32.8 Å². The molecule has 0 bridgehead atoms. The van der Waals surface area contributed by atoms with E-state index in [0.717, 1.165) is 11.8 Å². The molecule has 7 heteroatoms. The summed E-state index contributed by atoms with van der Waals surface area (Å²) in [5.41, 5.74) is 2.46. The summed E-state index contributed by atoms with van der Waals surface area (Å²) < 4.78 is 0. The van der Waals surface area contributed by atoms with Crippen molar-refractivity contribution in [2.24, 2.45) is 5.16 Å². The molecule has 0 radical (unpaired) electrons. The van der Waals surface area contributed by atoms with Gasteiger partial charge in [0.25, 0.3) is 11.6 Å². The fraction of sp³-hybridized carbons (Fsp3) is 0.263. The SMILES string of the molecule is CC(C)(C)c1ccc(CO/N=C\C(=O)Nc2cccc([N+](=O)[O-])c2)cc1. The van der Waals surface area contributed by atoms with E-state index in [1.165, 1.54) is 23.8 Å². The standard InChI is InChI=1S/C19H21N3O4/c1-19(2,3)15-9-7-14(8-10-15)13-26-20-12-18(23)21-16-5-4-6-17(11-16)22(24)25/h4-12H,13H2,1-3H3,(H,21,23)/b20-12-. The zero-order valence-corrected chi connectivity index (χ0v) is 14.9. The zero-order chi connectivity index (χ0) is 19.2. The maximum atomic E-state index is 11.7. The first kappa shape index (κ1) is 19.1. The highest BCUT2D eigenvalue weighted by atomic mass is 16.6. The summed E-state index contributed by atoms with van der Waals surface area (Å²) in [6, 6.07) is 13.6. The molecular weight excluding hydrogens is 334 g/mol. The second-order valence-corrected chi connectivity index (χ2v) is 6.75. The van der Waals surface area contributed by atoms with E-state index in [-0.39, 0.29) is 17.7 Å². The average Bonchev–Trinajstić information content (AvgIpc) is 2.58. The van der Waals surface area contributed by atoms with Gasteiger partial charge in [-0.25, -0.2) is 0 Å². The lowest BCUT2D eigenvalue weighted by Gasteiger charge is -2.18. The highest BCUT2D eigenvalue weighted by Gasteiger charge is 2.12. The van der Waals surface area contributed by atoms with E-state index in [4.69, 9.17) is 4.84 Å². The Balaban J connectivity index is 1.84. The molecule has 2 aromatic rings. The van der Waals surface area contributed by atoms with Crippen molar-refractivity contribution in [3.05, 3.63) is 69.8 Å². The number of amides is 1. The first-order chi connectivity index (χ1) is 12.3. The van der Waals surface area contributed by atoms with E-state index in [9.17, 15) is 14.9 Å². The van der Waals surface area contributed by atoms with Crippen molar-refractivity contribution in [1.29, 1.82) is 0 Å². The van der Waals surface area contributed by atoms with Crippen LogP contribution in [0.15, 0.2) is 53.7 Å². The van der Waals surface area contributed by atoms with Gasteiger partial charge in [-0.1, -0.05) is 56.3 Å². The summed E-state index contributed by atoms with van der Waals surface area (Å²) in [5.74, 6) is -0.534. The van der Waals surface area contributed by atoms with Gasteiger partial charge in [0.05, 0.1) is 4.92 Å². The van der Waals surface area contributed by atoms with Crippen molar-refractivity contribution in [3.63, 3.8) is 0 Å². The van der Waals surface area contributed by atoms with Crippen LogP contribution in [0.2, 0.25) is 0 Å². The molecule has 0 aliphatic rings. The maximum absolute atomic E-state index is 11.7. The Morgan fingerprint density at radius 2 is 1.92 bits per heavy atom. The Hall–Kier alpha value is -3.22. The van der Waals surface area contributed by atoms with Gasteiger partial charge in [-0.05, 0) is 22.6 Å². The van der Waals surface area contributed by atoms with Gasteiger partial charge in [-0.2, -0.15) is 0 Å². The predicted octanol–water partition coefficient (Wildman–Crippen LogP) is 4.03. The number of anilines is 1. The smallest absolute Gasteiger partial charge is 0.271 e. The molecule has 0 fully saturated rings. The van der Waals surface area contributed by atoms with Crippen molar-refractivity contribution in [2.75, 3.05) is 5.32 Å². The topological polar surface area (TPSA) is 93.8 Å². The van der Waals surface area contributed by atoms with Crippen LogP contribution in [0.5, 0.6) is 0 Å². The lowest BCUT2D eigenvalue weighted by Crippen LogP contribution is -2.13. The highest BCUT2D eigenvalue weighted by Crippen LogP contribution is 2.22. The van der Waals surface area contributed by atoms with Gasteiger partial charge in [0.2, 0.25) is 0 Å². The van der Waals surface area contributed by atoms with E-state index >= 15 is 0 Å². The maximum Gasteiger partial charge on any atom is 0.271 e. The van der Waals surface area contributed by atoms with Crippen LogP contribution in [-0.4, -0.2) is 17.0 Å². The number of nitrogens with zero attached hydrogens (tertiary/aromatic N) is 2. The lowest BCUT2D eigenvalue weighted by molar-refractivity contribution is -0.384. The molecule has 0 saturated heterocycles. The molecule has 0 spiro atoms. The van der Waals surface area contributed by atoms with Crippen LogP contribution in [0, 0.1) is 10.1 Å². The third-order valence-electron chi connectivity index (χ3n) is 3.62. The van der Waals surface area contributed by atoms with Crippen LogP contribution >= 0.6 is 0 Å². The monoisotopic (exact) mass is 355 g/mol. The minimum Gasteiger partial charge on any atom is -0.391 e. The fourth-order valence-corrected chi connectivity index (χ4v) is 2.17. The number of benzene rings is 2. The Bertz CT molecular complexity index is 808. The van der Waals surface area contributed by atoms with E-state index in [0.29, 0.717) is 5.69 Å². The molecule has 0 unspecified atom stereocenters. The molecule has 26 heavy (non-hydrogen) atoms. The summed E-state index contributed by atoms with van der Waals surface area (Å²) in [6.45, 7) is 6.67. The van der Waals surface area contributed by atoms with Crippen molar-refractivity contribution >= 4 is 23.5 Å². The number of oxime groups is 1. The Morgan fingerprint density at radius 3 is 2.54 bits per heavy atom. The number of nitrogens with one attached hydrogen (secondary N) is 1. The third kappa shape index (κ3) is 5.70. The van der Waals surface area contributed by atoms with Crippen molar-refractivity contribution in [3.8, 4) is 0 Å². The minimum absolute atomic E-state index is 0.0855. The van der Waals surface area contributed by atoms with Crippen molar-refractivity contribution in [1.82, 2.24) is 0 Å². The second kappa shape index (κ2) is 8.24. The van der Waals surface area contributed by atoms with Gasteiger partial charge in [-0.15, -0.1) is 0 Å². The van der Waals surface area contributed by atoms with Crippen LogP contribution in [0.1, 0.15) is 31.9 Å². The number of non-ortho nitro benzene ring substituents is 1. The van der Waals surface area contributed by atoms with E-state index in [1.54, 1.807) is 6.07 Å². The van der Waals surface area contributed by atoms with Gasteiger partial charge in [0, 0.05) is 17.8 Å². The molecule has 2 aromatic carbocycles. The predicted molar refractivity (Wildman–Crippen MR) is 100 cm³/mol. The number of carbonyl (C=O) groups is 1. The van der Waals surface area contributed by atoms with Crippen LogP contribution in [0.25, 0.3) is 0 Å². The highest BCUT2D eigenvalue weighted by molar-refractivity contribution is 6.31. The van der Waals surface area contributed by atoms with E-state index in [1.807, 2.05) is 24.3 Å². The molecule has 136 valence electrons. The molecule has 1 N–H and O–H groups in total. The number of hydrogen-bond donors (Lipinski definition) is 1. The van der Waals surface area contributed by atoms with Gasteiger partial charge in [-0.3, -0.25) is 14.9 Å². The third-order valence-corrected chi connectivity index (χ3v) is 3.62.